The van der Waals surface area contributed by atoms with Crippen molar-refractivity contribution in [3.63, 3.8) is 0 Å². The molecular formula is C38H37ClN2O3S. The van der Waals surface area contributed by atoms with Crippen molar-refractivity contribution in [1.29, 1.82) is 0 Å². The normalized spacial score (nSPS) is 23.1. The van der Waals surface area contributed by atoms with E-state index in [1.807, 2.05) is 42.6 Å². The number of hydrogen-bond donors (Lipinski definition) is 2. The number of anilines is 1. The molecule has 5 nitrogen and oxygen atoms in total. The van der Waals surface area contributed by atoms with Crippen molar-refractivity contribution in [2.24, 2.45) is 11.8 Å². The van der Waals surface area contributed by atoms with Gasteiger partial charge in [0, 0.05) is 16.9 Å². The number of nitrogens with one attached hydrogen (secondary N) is 1. The largest absolute Gasteiger partial charge is 0.492 e. The Labute approximate surface area is 273 Å². The van der Waals surface area contributed by atoms with E-state index in [0.717, 1.165) is 53.8 Å². The molecular weight excluding hydrogens is 600 g/mol. The fourth-order valence-electron chi connectivity index (χ4n) is 7.94. The number of thiophene rings is 1. The Bertz CT molecular complexity index is 1800. The third kappa shape index (κ3) is 5.94. The van der Waals surface area contributed by atoms with Crippen LogP contribution in [0.1, 0.15) is 48.8 Å². The number of nitrogens with zero attached hydrogens (tertiary/aromatic N) is 1. The molecule has 1 saturated carbocycles. The van der Waals surface area contributed by atoms with E-state index >= 15 is 0 Å². The van der Waals surface area contributed by atoms with Crippen LogP contribution in [0.15, 0.2) is 103 Å². The Hall–Kier alpha value is -3.87. The number of carboxylic acid groups (broad SMARTS) is 1. The van der Waals surface area contributed by atoms with Gasteiger partial charge in [0.15, 0.2) is 0 Å². The van der Waals surface area contributed by atoms with Gasteiger partial charge in [0.25, 0.3) is 0 Å². The van der Waals surface area contributed by atoms with Crippen LogP contribution in [-0.4, -0.2) is 28.2 Å². The van der Waals surface area contributed by atoms with Crippen LogP contribution in [0, 0.1) is 11.8 Å². The van der Waals surface area contributed by atoms with Crippen LogP contribution in [0.2, 0.25) is 5.02 Å². The minimum atomic E-state index is -1.03. The summed E-state index contributed by atoms with van der Waals surface area (Å²) < 4.78 is 7.68. The molecule has 0 radical (unpaired) electrons. The van der Waals surface area contributed by atoms with Crippen LogP contribution in [0.4, 0.5) is 5.69 Å². The van der Waals surface area contributed by atoms with E-state index in [1.54, 1.807) is 11.3 Å². The number of halogens is 1. The lowest BCUT2D eigenvalue weighted by molar-refractivity contribution is -0.144. The summed E-state index contributed by atoms with van der Waals surface area (Å²) >= 11 is 7.92. The average Bonchev–Trinajstić information content (AvgIpc) is 3.65. The summed E-state index contributed by atoms with van der Waals surface area (Å²) in [6.45, 7) is 0.615. The predicted octanol–water partition coefficient (Wildman–Crippen LogP) is 9.20. The summed E-state index contributed by atoms with van der Waals surface area (Å²) in [6.07, 6.45) is 7.49. The minimum absolute atomic E-state index is 0.0713. The maximum absolute atomic E-state index is 12.9. The molecule has 5 aromatic rings. The Morgan fingerprint density at radius 3 is 2.60 bits per heavy atom. The maximum atomic E-state index is 12.9. The van der Waals surface area contributed by atoms with Crippen molar-refractivity contribution in [3.8, 4) is 5.75 Å². The Balaban J connectivity index is 1.16. The summed E-state index contributed by atoms with van der Waals surface area (Å²) in [5.41, 5.74) is 4.74. The highest BCUT2D eigenvalue weighted by Gasteiger charge is 2.54. The average molecular weight is 637 g/mol. The first-order valence-electron chi connectivity index (χ1n) is 15.8. The first-order valence-corrected chi connectivity index (χ1v) is 17.0. The molecule has 7 rings (SSSR count). The summed E-state index contributed by atoms with van der Waals surface area (Å²) in [7, 11) is 0. The number of benzene rings is 3. The molecule has 230 valence electrons. The number of rotatable bonds is 10. The summed E-state index contributed by atoms with van der Waals surface area (Å²) in [5.74, 6) is 0.785. The van der Waals surface area contributed by atoms with Crippen LogP contribution in [-0.2, 0) is 23.1 Å². The van der Waals surface area contributed by atoms with Gasteiger partial charge in [0.2, 0.25) is 0 Å². The molecule has 2 unspecified atom stereocenters. The van der Waals surface area contributed by atoms with E-state index in [4.69, 9.17) is 16.3 Å². The number of fused-ring (bicyclic) bond motifs is 3. The van der Waals surface area contributed by atoms with Crippen molar-refractivity contribution in [2.75, 3.05) is 11.9 Å². The highest BCUT2D eigenvalue weighted by Crippen LogP contribution is 2.56. The Morgan fingerprint density at radius 1 is 1.00 bits per heavy atom. The van der Waals surface area contributed by atoms with Crippen LogP contribution >= 0.6 is 22.9 Å². The van der Waals surface area contributed by atoms with Crippen LogP contribution in [0.25, 0.3) is 10.2 Å². The number of carbonyl (C=O) groups is 1. The minimum Gasteiger partial charge on any atom is -0.492 e. The molecule has 2 N–H and O–H groups in total. The molecule has 2 atom stereocenters. The van der Waals surface area contributed by atoms with Gasteiger partial charge in [-0.2, -0.15) is 0 Å². The fourth-order valence-corrected chi connectivity index (χ4v) is 8.95. The second kappa shape index (κ2) is 12.5. The van der Waals surface area contributed by atoms with Crippen molar-refractivity contribution < 1.29 is 14.6 Å². The molecule has 3 aromatic carbocycles. The zero-order valence-electron chi connectivity index (χ0n) is 25.1. The molecule has 2 aromatic heterocycles. The fraction of sp³-hybridized carbons (Fsp3) is 0.316. The van der Waals surface area contributed by atoms with E-state index in [0.29, 0.717) is 36.3 Å². The van der Waals surface area contributed by atoms with Gasteiger partial charge < -0.3 is 15.2 Å². The molecule has 1 fully saturated rings. The first kappa shape index (κ1) is 29.8. The van der Waals surface area contributed by atoms with E-state index in [-0.39, 0.29) is 5.41 Å². The highest BCUT2D eigenvalue weighted by molar-refractivity contribution is 7.17. The van der Waals surface area contributed by atoms with Gasteiger partial charge >= 0.3 is 5.97 Å². The van der Waals surface area contributed by atoms with Crippen molar-refractivity contribution in [2.45, 2.75) is 55.9 Å². The molecule has 0 saturated heterocycles. The van der Waals surface area contributed by atoms with Gasteiger partial charge in [-0.1, -0.05) is 72.3 Å². The molecule has 45 heavy (non-hydrogen) atoms. The number of aromatic nitrogens is 1. The van der Waals surface area contributed by atoms with Crippen molar-refractivity contribution in [3.05, 3.63) is 124 Å². The quantitative estimate of drug-likeness (QED) is 0.160. The van der Waals surface area contributed by atoms with Gasteiger partial charge in [0.1, 0.15) is 11.3 Å². The smallest absolute Gasteiger partial charge is 0.329 e. The van der Waals surface area contributed by atoms with E-state index < -0.39 is 11.5 Å². The predicted molar refractivity (Wildman–Crippen MR) is 183 cm³/mol. The summed E-state index contributed by atoms with van der Waals surface area (Å²) in [4.78, 5) is 17.3. The number of aliphatic carboxylic acids is 1. The third-order valence-electron chi connectivity index (χ3n) is 10.2. The SMILES string of the molecule is O=C(O)C1(Nc2cccc(Cl)c2)CCC2(CC1)c1ccccc1CC2CC(COc1ccnc2ccsc12)Cc1ccccc1. The molecule has 2 heterocycles. The van der Waals surface area contributed by atoms with Gasteiger partial charge in [-0.3, -0.25) is 4.98 Å². The molecule has 7 heteroatoms. The monoisotopic (exact) mass is 636 g/mol. The molecule has 0 bridgehead atoms. The summed E-state index contributed by atoms with van der Waals surface area (Å²) in [6, 6.07) is 30.9. The van der Waals surface area contributed by atoms with Gasteiger partial charge in [0.05, 0.1) is 16.8 Å². The van der Waals surface area contributed by atoms with Crippen LogP contribution in [0.3, 0.4) is 0 Å². The number of carboxylic acids is 1. The van der Waals surface area contributed by atoms with E-state index in [9.17, 15) is 9.90 Å². The second-order valence-electron chi connectivity index (χ2n) is 12.8. The topological polar surface area (TPSA) is 71.5 Å². The molecule has 0 amide bonds. The summed E-state index contributed by atoms with van der Waals surface area (Å²) in [5, 5.41) is 16.6. The lowest BCUT2D eigenvalue weighted by atomic mass is 9.59. The molecule has 2 aliphatic carbocycles. The van der Waals surface area contributed by atoms with Crippen molar-refractivity contribution >= 4 is 44.8 Å². The maximum Gasteiger partial charge on any atom is 0.329 e. The Kier molecular flexibility index (Phi) is 8.28. The van der Waals surface area contributed by atoms with Gasteiger partial charge in [-0.05, 0) is 115 Å². The standard InChI is InChI=1S/C38H37ClN2O3S/c39-30-10-6-11-31(24-30)41-38(36(42)43)17-15-37(16-18-38)29(23-28-9-4-5-12-32(28)37)22-27(21-26-7-2-1-3-8-26)25-44-34-13-19-40-33-14-20-45-35(33)34/h1-14,19-20,24,27,29,41H,15-18,21-23,25H2,(H,42,43). The molecule has 2 aliphatic rings. The molecule has 0 aliphatic heterocycles. The van der Waals surface area contributed by atoms with E-state index in [2.05, 4.69) is 70.3 Å². The zero-order chi connectivity index (χ0) is 30.9. The van der Waals surface area contributed by atoms with Gasteiger partial charge in [-0.25, -0.2) is 4.79 Å². The zero-order valence-corrected chi connectivity index (χ0v) is 26.7. The Morgan fingerprint density at radius 2 is 1.80 bits per heavy atom. The lowest BCUT2D eigenvalue weighted by Gasteiger charge is -2.47. The van der Waals surface area contributed by atoms with Gasteiger partial charge in [-0.15, -0.1) is 11.3 Å². The highest BCUT2D eigenvalue weighted by atomic mass is 35.5. The van der Waals surface area contributed by atoms with Crippen LogP contribution < -0.4 is 10.1 Å². The first-order chi connectivity index (χ1) is 21.9. The number of ether oxygens (including phenoxy) is 1. The third-order valence-corrected chi connectivity index (χ3v) is 11.3. The number of hydrogen-bond acceptors (Lipinski definition) is 5. The van der Waals surface area contributed by atoms with Crippen molar-refractivity contribution in [1.82, 2.24) is 4.98 Å². The van der Waals surface area contributed by atoms with Crippen LogP contribution in [0.5, 0.6) is 5.75 Å². The number of pyridine rings is 1. The molecule has 1 spiro atoms. The second-order valence-corrected chi connectivity index (χ2v) is 14.1. The van der Waals surface area contributed by atoms with E-state index in [1.165, 1.54) is 16.7 Å². The lowest BCUT2D eigenvalue weighted by Crippen LogP contribution is -2.53.